The van der Waals surface area contributed by atoms with Gasteiger partial charge in [0.25, 0.3) is 0 Å². The van der Waals surface area contributed by atoms with Crippen molar-refractivity contribution in [2.75, 3.05) is 4.90 Å². The average molecular weight is 802 g/mol. The van der Waals surface area contributed by atoms with E-state index in [1.54, 1.807) is 0 Å². The normalized spacial score (nSPS) is 14.4. The van der Waals surface area contributed by atoms with Crippen molar-refractivity contribution in [1.29, 1.82) is 0 Å². The van der Waals surface area contributed by atoms with Gasteiger partial charge in [-0.3, -0.25) is 0 Å². The van der Waals surface area contributed by atoms with Gasteiger partial charge in [0.1, 0.15) is 11.2 Å². The first-order valence-corrected chi connectivity index (χ1v) is 21.7. The molecule has 1 unspecified atom stereocenters. The molecule has 0 N–H and O–H groups in total. The Kier molecular flexibility index (Phi) is 7.85. The first kappa shape index (κ1) is 35.5. The Hall–Kier alpha value is -8.20. The van der Waals surface area contributed by atoms with Gasteiger partial charge in [-0.2, -0.15) is 0 Å². The van der Waals surface area contributed by atoms with Crippen molar-refractivity contribution >= 4 is 39.0 Å². The zero-order valence-corrected chi connectivity index (χ0v) is 34.4. The van der Waals surface area contributed by atoms with Crippen molar-refractivity contribution in [3.8, 4) is 55.6 Å². The Morgan fingerprint density at radius 3 is 1.59 bits per heavy atom. The average Bonchev–Trinajstić information content (AvgIpc) is 3.99. The summed E-state index contributed by atoms with van der Waals surface area (Å²) in [6.45, 7) is 0. The van der Waals surface area contributed by atoms with E-state index in [-0.39, 0.29) is 0 Å². The molecule has 2 nitrogen and oxygen atoms in total. The molecular weight excluding hydrogens is 763 g/mol. The fourth-order valence-corrected chi connectivity index (χ4v) is 10.8. The van der Waals surface area contributed by atoms with Crippen LogP contribution < -0.4 is 4.90 Å². The highest BCUT2D eigenvalue weighted by molar-refractivity contribution is 6.16. The SMILES string of the molecule is c1ccc(-c2ccc(N(c3ccccc3)c3cc(-c4ccccc4)cc(-c4ccc5c(c4)C4(c6ccccc6-5)c5ccccc5-c5c4ccc4oc6ccccc6c54)c3)cc2)cc1. The van der Waals surface area contributed by atoms with Crippen LogP contribution in [0.15, 0.2) is 241 Å². The van der Waals surface area contributed by atoms with E-state index in [0.29, 0.717) is 0 Å². The Morgan fingerprint density at radius 2 is 0.841 bits per heavy atom. The van der Waals surface area contributed by atoms with Gasteiger partial charge in [0.2, 0.25) is 0 Å². The van der Waals surface area contributed by atoms with Gasteiger partial charge in [-0.15, -0.1) is 0 Å². The van der Waals surface area contributed by atoms with Crippen LogP contribution in [0.1, 0.15) is 22.3 Å². The maximum atomic E-state index is 6.52. The lowest BCUT2D eigenvalue weighted by Gasteiger charge is -2.31. The molecule has 0 radical (unpaired) electrons. The molecule has 2 heteroatoms. The number of benzene rings is 10. The van der Waals surface area contributed by atoms with Crippen LogP contribution in [0.25, 0.3) is 77.6 Å². The zero-order chi connectivity index (χ0) is 41.5. The Morgan fingerprint density at radius 1 is 0.302 bits per heavy atom. The summed E-state index contributed by atoms with van der Waals surface area (Å²) in [5.74, 6) is 0. The molecule has 1 aromatic heterocycles. The summed E-state index contributed by atoms with van der Waals surface area (Å²) in [5, 5.41) is 2.34. The van der Waals surface area contributed by atoms with Gasteiger partial charge in [-0.25, -0.2) is 0 Å². The van der Waals surface area contributed by atoms with E-state index in [4.69, 9.17) is 4.42 Å². The molecular formula is C61H39NO. The fourth-order valence-electron chi connectivity index (χ4n) is 10.8. The highest BCUT2D eigenvalue weighted by atomic mass is 16.3. The Bertz CT molecular complexity index is 3550. The minimum atomic E-state index is -0.517. The number of anilines is 3. The van der Waals surface area contributed by atoms with E-state index in [2.05, 4.69) is 241 Å². The molecule has 10 aromatic carbocycles. The third-order valence-electron chi connectivity index (χ3n) is 13.5. The van der Waals surface area contributed by atoms with Crippen LogP contribution in [0.4, 0.5) is 17.1 Å². The second-order valence-corrected chi connectivity index (χ2v) is 16.8. The second-order valence-electron chi connectivity index (χ2n) is 16.8. The molecule has 63 heavy (non-hydrogen) atoms. The predicted molar refractivity (Wildman–Crippen MR) is 261 cm³/mol. The van der Waals surface area contributed by atoms with Crippen molar-refractivity contribution in [2.45, 2.75) is 5.41 Å². The summed E-state index contributed by atoms with van der Waals surface area (Å²) in [7, 11) is 0. The minimum absolute atomic E-state index is 0.517. The molecule has 2 aliphatic rings. The van der Waals surface area contributed by atoms with Crippen LogP contribution >= 0.6 is 0 Å². The largest absolute Gasteiger partial charge is 0.456 e. The number of furan rings is 1. The summed E-state index contributed by atoms with van der Waals surface area (Å²) in [4.78, 5) is 2.39. The summed E-state index contributed by atoms with van der Waals surface area (Å²) < 4.78 is 6.52. The van der Waals surface area contributed by atoms with E-state index >= 15 is 0 Å². The molecule has 1 atom stereocenters. The van der Waals surface area contributed by atoms with E-state index in [1.807, 2.05) is 0 Å². The second kappa shape index (κ2) is 13.9. The monoisotopic (exact) mass is 801 g/mol. The van der Waals surface area contributed by atoms with Gasteiger partial charge in [-0.05, 0) is 139 Å². The van der Waals surface area contributed by atoms with Crippen LogP contribution in [0.5, 0.6) is 0 Å². The molecule has 294 valence electrons. The molecule has 1 heterocycles. The maximum Gasteiger partial charge on any atom is 0.136 e. The van der Waals surface area contributed by atoms with Gasteiger partial charge in [0.05, 0.1) is 5.41 Å². The third kappa shape index (κ3) is 5.32. The molecule has 11 aromatic rings. The van der Waals surface area contributed by atoms with E-state index in [0.717, 1.165) is 44.7 Å². The summed E-state index contributed by atoms with van der Waals surface area (Å²) in [5.41, 5.74) is 22.0. The van der Waals surface area contributed by atoms with Gasteiger partial charge in [0, 0.05) is 27.8 Å². The van der Waals surface area contributed by atoms with Gasteiger partial charge < -0.3 is 9.32 Å². The molecule has 2 aliphatic carbocycles. The van der Waals surface area contributed by atoms with Gasteiger partial charge >= 0.3 is 0 Å². The number of hydrogen-bond donors (Lipinski definition) is 0. The number of rotatable bonds is 6. The topological polar surface area (TPSA) is 16.4 Å². The van der Waals surface area contributed by atoms with Crippen molar-refractivity contribution in [3.63, 3.8) is 0 Å². The molecule has 1 spiro atoms. The lowest BCUT2D eigenvalue weighted by Crippen LogP contribution is -2.25. The summed E-state index contributed by atoms with van der Waals surface area (Å²) in [6.07, 6.45) is 0. The first-order chi connectivity index (χ1) is 31.2. The van der Waals surface area contributed by atoms with E-state index < -0.39 is 5.41 Å². The van der Waals surface area contributed by atoms with Crippen LogP contribution in [0, 0.1) is 0 Å². The number of hydrogen-bond acceptors (Lipinski definition) is 2. The van der Waals surface area contributed by atoms with Gasteiger partial charge in [-0.1, -0.05) is 176 Å². The van der Waals surface area contributed by atoms with Crippen molar-refractivity contribution < 1.29 is 4.42 Å². The summed E-state index contributed by atoms with van der Waals surface area (Å²) >= 11 is 0. The van der Waals surface area contributed by atoms with E-state index in [9.17, 15) is 0 Å². The predicted octanol–water partition coefficient (Wildman–Crippen LogP) is 16.4. The molecule has 0 saturated carbocycles. The van der Waals surface area contributed by atoms with Crippen LogP contribution in [-0.4, -0.2) is 0 Å². The standard InChI is InChI=1S/C61H39NO/c1-4-16-40(17-5-1)42-28-31-47(32-29-42)62(46-20-8-3-9-21-46)48-37-44(41-18-6-2-7-19-41)36-45(38-48)43-30-33-50-49-22-10-13-25-53(49)61(56(50)39-43)54-26-14-11-23-51(54)59-55(61)34-35-58-60(59)52-24-12-15-27-57(52)63-58/h1-39H. The lowest BCUT2D eigenvalue weighted by atomic mass is 9.70. The molecule has 0 fully saturated rings. The van der Waals surface area contributed by atoms with Crippen LogP contribution in [0.2, 0.25) is 0 Å². The Balaban J connectivity index is 1.05. The van der Waals surface area contributed by atoms with E-state index in [1.165, 1.54) is 72.1 Å². The van der Waals surface area contributed by atoms with Crippen LogP contribution in [0.3, 0.4) is 0 Å². The highest BCUT2D eigenvalue weighted by Gasteiger charge is 2.52. The lowest BCUT2D eigenvalue weighted by molar-refractivity contribution is 0.668. The molecule has 13 rings (SSSR count). The first-order valence-electron chi connectivity index (χ1n) is 21.7. The van der Waals surface area contributed by atoms with Gasteiger partial charge in [0.15, 0.2) is 0 Å². The quantitative estimate of drug-likeness (QED) is 0.167. The van der Waals surface area contributed by atoms with Crippen molar-refractivity contribution in [2.24, 2.45) is 0 Å². The zero-order valence-electron chi connectivity index (χ0n) is 34.4. The van der Waals surface area contributed by atoms with Crippen molar-refractivity contribution in [1.82, 2.24) is 0 Å². The molecule has 0 amide bonds. The number of fused-ring (bicyclic) bond motifs is 14. The summed E-state index contributed by atoms with van der Waals surface area (Å²) in [6, 6.07) is 86.5. The number of para-hydroxylation sites is 2. The third-order valence-corrected chi connectivity index (χ3v) is 13.5. The molecule has 0 saturated heterocycles. The smallest absolute Gasteiger partial charge is 0.136 e. The molecule has 0 aliphatic heterocycles. The minimum Gasteiger partial charge on any atom is -0.456 e. The number of nitrogens with zero attached hydrogens (tertiary/aromatic N) is 1. The Labute approximate surface area is 366 Å². The van der Waals surface area contributed by atoms with Crippen molar-refractivity contribution in [3.05, 3.63) is 259 Å². The highest BCUT2D eigenvalue weighted by Crippen LogP contribution is 2.64. The molecule has 0 bridgehead atoms. The maximum absolute atomic E-state index is 6.52. The van der Waals surface area contributed by atoms with Crippen LogP contribution in [-0.2, 0) is 5.41 Å². The fraction of sp³-hybridized carbons (Fsp3) is 0.0164.